The molecule has 8 heteroatoms. The van der Waals surface area contributed by atoms with Crippen LogP contribution in [-0.2, 0) is 15.3 Å². The highest BCUT2D eigenvalue weighted by Gasteiger charge is 2.21. The molecule has 4 rings (SSSR count). The van der Waals surface area contributed by atoms with Gasteiger partial charge in [0.05, 0.1) is 0 Å². The molecule has 0 unspecified atom stereocenters. The standard InChI is InChI=1S/C25H21ClN2O4S/c1-31-14-23(29)27-17-5-4-6-18(13-17)28-25(30)24-21(20-7-2-3-8-22(20)32-24)15-33-19-11-9-16(26)10-12-19/h2-13H,14-15H2,1H3,(H,27,29)(H,28,30). The third kappa shape index (κ3) is 5.76. The first-order valence-electron chi connectivity index (χ1n) is 10.1. The number of amides is 2. The van der Waals surface area contributed by atoms with Crippen molar-refractivity contribution in [2.45, 2.75) is 10.6 Å². The predicted octanol–water partition coefficient (Wildman–Crippen LogP) is 6.22. The molecule has 4 aromatic rings. The van der Waals surface area contributed by atoms with Crippen LogP contribution < -0.4 is 10.6 Å². The van der Waals surface area contributed by atoms with Crippen LogP contribution in [0.15, 0.2) is 82.1 Å². The summed E-state index contributed by atoms with van der Waals surface area (Å²) >= 11 is 7.58. The Hall–Kier alpha value is -3.26. The van der Waals surface area contributed by atoms with Gasteiger partial charge in [0.25, 0.3) is 5.91 Å². The molecular weight excluding hydrogens is 460 g/mol. The topological polar surface area (TPSA) is 80.6 Å². The largest absolute Gasteiger partial charge is 0.451 e. The van der Waals surface area contributed by atoms with E-state index in [1.807, 2.05) is 48.5 Å². The second kappa shape index (κ2) is 10.6. The van der Waals surface area contributed by atoms with Crippen molar-refractivity contribution in [3.8, 4) is 0 Å². The van der Waals surface area contributed by atoms with Gasteiger partial charge in [-0.2, -0.15) is 0 Å². The Kier molecular flexibility index (Phi) is 7.34. The van der Waals surface area contributed by atoms with Crippen molar-refractivity contribution in [2.24, 2.45) is 0 Å². The van der Waals surface area contributed by atoms with Crippen LogP contribution >= 0.6 is 23.4 Å². The molecule has 0 saturated heterocycles. The average Bonchev–Trinajstić information content (AvgIpc) is 3.18. The van der Waals surface area contributed by atoms with E-state index in [0.29, 0.717) is 27.7 Å². The molecule has 0 spiro atoms. The van der Waals surface area contributed by atoms with Gasteiger partial charge in [-0.05, 0) is 48.5 Å². The summed E-state index contributed by atoms with van der Waals surface area (Å²) < 4.78 is 10.8. The number of ether oxygens (including phenoxy) is 1. The van der Waals surface area contributed by atoms with Gasteiger partial charge in [-0.15, -0.1) is 11.8 Å². The Labute approximate surface area is 200 Å². The minimum absolute atomic E-state index is 0.0514. The number of thioether (sulfide) groups is 1. The van der Waals surface area contributed by atoms with Crippen LogP contribution in [0, 0.1) is 0 Å². The third-order valence-electron chi connectivity index (χ3n) is 4.78. The molecule has 6 nitrogen and oxygen atoms in total. The number of hydrogen-bond donors (Lipinski definition) is 2. The van der Waals surface area contributed by atoms with Crippen LogP contribution in [0.5, 0.6) is 0 Å². The number of methoxy groups -OCH3 is 1. The molecule has 0 atom stereocenters. The average molecular weight is 481 g/mol. The molecule has 1 aromatic heterocycles. The van der Waals surface area contributed by atoms with E-state index in [4.69, 9.17) is 20.8 Å². The fraction of sp³-hybridized carbons (Fsp3) is 0.120. The van der Waals surface area contributed by atoms with Gasteiger partial charge in [0.1, 0.15) is 12.2 Å². The molecule has 168 valence electrons. The van der Waals surface area contributed by atoms with Gasteiger partial charge in [0, 0.05) is 45.1 Å². The lowest BCUT2D eigenvalue weighted by Crippen LogP contribution is -2.17. The molecular formula is C25H21ClN2O4S. The van der Waals surface area contributed by atoms with Crippen LogP contribution in [0.25, 0.3) is 11.0 Å². The van der Waals surface area contributed by atoms with Crippen molar-refractivity contribution in [2.75, 3.05) is 24.4 Å². The first-order chi connectivity index (χ1) is 16.0. The number of furan rings is 1. The van der Waals surface area contributed by atoms with Gasteiger partial charge < -0.3 is 19.8 Å². The molecule has 0 fully saturated rings. The maximum atomic E-state index is 13.2. The Morgan fingerprint density at radius 2 is 1.70 bits per heavy atom. The highest BCUT2D eigenvalue weighted by molar-refractivity contribution is 7.98. The fourth-order valence-electron chi connectivity index (χ4n) is 3.30. The Morgan fingerprint density at radius 1 is 0.970 bits per heavy atom. The van der Waals surface area contributed by atoms with E-state index in [1.165, 1.54) is 7.11 Å². The van der Waals surface area contributed by atoms with Crippen LogP contribution in [0.2, 0.25) is 5.02 Å². The lowest BCUT2D eigenvalue weighted by molar-refractivity contribution is -0.119. The van der Waals surface area contributed by atoms with Gasteiger partial charge in [0.2, 0.25) is 5.91 Å². The number of rotatable bonds is 8. The van der Waals surface area contributed by atoms with Gasteiger partial charge in [-0.1, -0.05) is 35.9 Å². The Bertz CT molecular complexity index is 1290. The number of benzene rings is 3. The summed E-state index contributed by atoms with van der Waals surface area (Å²) in [5.41, 5.74) is 2.55. The van der Waals surface area contributed by atoms with E-state index in [2.05, 4.69) is 10.6 Å². The van der Waals surface area contributed by atoms with E-state index in [0.717, 1.165) is 15.8 Å². The zero-order chi connectivity index (χ0) is 23.2. The maximum Gasteiger partial charge on any atom is 0.291 e. The summed E-state index contributed by atoms with van der Waals surface area (Å²) in [5, 5.41) is 7.16. The lowest BCUT2D eigenvalue weighted by atomic mass is 10.1. The van der Waals surface area contributed by atoms with E-state index in [9.17, 15) is 9.59 Å². The molecule has 1 heterocycles. The Balaban J connectivity index is 1.56. The van der Waals surface area contributed by atoms with Gasteiger partial charge in [-0.3, -0.25) is 9.59 Å². The van der Waals surface area contributed by atoms with Gasteiger partial charge in [0.15, 0.2) is 5.76 Å². The van der Waals surface area contributed by atoms with Gasteiger partial charge >= 0.3 is 0 Å². The lowest BCUT2D eigenvalue weighted by Gasteiger charge is -2.09. The van der Waals surface area contributed by atoms with E-state index in [-0.39, 0.29) is 24.2 Å². The highest BCUT2D eigenvalue weighted by atomic mass is 35.5. The number of fused-ring (bicyclic) bond motifs is 1. The molecule has 2 amide bonds. The molecule has 0 saturated carbocycles. The van der Waals surface area contributed by atoms with Crippen molar-refractivity contribution < 1.29 is 18.7 Å². The fourth-order valence-corrected chi connectivity index (χ4v) is 4.35. The van der Waals surface area contributed by atoms with Crippen molar-refractivity contribution in [3.63, 3.8) is 0 Å². The number of para-hydroxylation sites is 1. The molecule has 0 aliphatic heterocycles. The van der Waals surface area contributed by atoms with Crippen molar-refractivity contribution in [1.29, 1.82) is 0 Å². The van der Waals surface area contributed by atoms with Crippen LogP contribution in [0.3, 0.4) is 0 Å². The monoisotopic (exact) mass is 480 g/mol. The molecule has 2 N–H and O–H groups in total. The van der Waals surface area contributed by atoms with E-state index in [1.54, 1.807) is 36.0 Å². The molecule has 0 aliphatic rings. The third-order valence-corrected chi connectivity index (χ3v) is 6.07. The molecule has 0 bridgehead atoms. The van der Waals surface area contributed by atoms with Gasteiger partial charge in [-0.25, -0.2) is 0 Å². The van der Waals surface area contributed by atoms with Crippen molar-refractivity contribution in [1.82, 2.24) is 0 Å². The number of halogens is 1. The second-order valence-electron chi connectivity index (χ2n) is 7.16. The molecule has 33 heavy (non-hydrogen) atoms. The number of hydrogen-bond acceptors (Lipinski definition) is 5. The SMILES string of the molecule is COCC(=O)Nc1cccc(NC(=O)c2oc3ccccc3c2CSc2ccc(Cl)cc2)c1. The number of carbonyl (C=O) groups excluding carboxylic acids is 2. The van der Waals surface area contributed by atoms with Crippen LogP contribution in [-0.4, -0.2) is 25.5 Å². The van der Waals surface area contributed by atoms with Crippen LogP contribution in [0.1, 0.15) is 16.1 Å². The molecule has 0 aliphatic carbocycles. The van der Waals surface area contributed by atoms with Crippen molar-refractivity contribution in [3.05, 3.63) is 89.1 Å². The van der Waals surface area contributed by atoms with E-state index >= 15 is 0 Å². The quantitative estimate of drug-likeness (QED) is 0.293. The van der Waals surface area contributed by atoms with E-state index < -0.39 is 0 Å². The first-order valence-corrected chi connectivity index (χ1v) is 11.5. The zero-order valence-corrected chi connectivity index (χ0v) is 19.3. The highest BCUT2D eigenvalue weighted by Crippen LogP contribution is 2.33. The minimum Gasteiger partial charge on any atom is -0.451 e. The number of carbonyl (C=O) groups is 2. The molecule has 3 aromatic carbocycles. The predicted molar refractivity (Wildman–Crippen MR) is 132 cm³/mol. The summed E-state index contributed by atoms with van der Waals surface area (Å²) in [6, 6.07) is 22.0. The normalized spacial score (nSPS) is 10.8. The maximum absolute atomic E-state index is 13.2. The zero-order valence-electron chi connectivity index (χ0n) is 17.8. The smallest absolute Gasteiger partial charge is 0.291 e. The Morgan fingerprint density at radius 3 is 2.45 bits per heavy atom. The first kappa shape index (κ1) is 22.9. The van der Waals surface area contributed by atoms with Crippen LogP contribution in [0.4, 0.5) is 11.4 Å². The summed E-state index contributed by atoms with van der Waals surface area (Å²) in [6.07, 6.45) is 0. The summed E-state index contributed by atoms with van der Waals surface area (Å²) in [6.45, 7) is -0.0514. The summed E-state index contributed by atoms with van der Waals surface area (Å²) in [4.78, 5) is 26.0. The number of nitrogens with one attached hydrogen (secondary N) is 2. The van der Waals surface area contributed by atoms with Crippen molar-refractivity contribution >= 4 is 57.5 Å². The summed E-state index contributed by atoms with van der Waals surface area (Å²) in [7, 11) is 1.45. The number of anilines is 2. The second-order valence-corrected chi connectivity index (χ2v) is 8.65. The molecule has 0 radical (unpaired) electrons. The summed E-state index contributed by atoms with van der Waals surface area (Å²) in [5.74, 6) is 0.165. The minimum atomic E-state index is -0.363.